The number of aromatic nitrogens is 3. The zero-order chi connectivity index (χ0) is 26.6. The van der Waals surface area contributed by atoms with Crippen LogP contribution < -0.4 is 5.32 Å². The van der Waals surface area contributed by atoms with Gasteiger partial charge in [0.2, 0.25) is 5.91 Å². The fraction of sp³-hybridized carbons (Fsp3) is 0.0312. The minimum Gasteiger partial charge on any atom is -0.337 e. The third kappa shape index (κ3) is 5.58. The van der Waals surface area contributed by atoms with Gasteiger partial charge >= 0.3 is 0 Å². The van der Waals surface area contributed by atoms with Crippen molar-refractivity contribution in [3.05, 3.63) is 120 Å². The number of anilines is 1. The highest BCUT2D eigenvalue weighted by Crippen LogP contribution is 2.37. The Hall–Kier alpha value is -4.39. The van der Waals surface area contributed by atoms with Crippen molar-refractivity contribution in [1.29, 1.82) is 0 Å². The van der Waals surface area contributed by atoms with Crippen molar-refractivity contribution in [1.82, 2.24) is 15.0 Å². The maximum atomic E-state index is 12.8. The maximum absolute atomic E-state index is 12.8. The van der Waals surface area contributed by atoms with Gasteiger partial charge in [0.25, 0.3) is 0 Å². The van der Waals surface area contributed by atoms with Crippen LogP contribution in [0, 0.1) is 0 Å². The molecule has 1 amide bonds. The summed E-state index contributed by atoms with van der Waals surface area (Å²) in [7, 11) is 0. The normalized spacial score (nSPS) is 11.0. The predicted molar refractivity (Wildman–Crippen MR) is 161 cm³/mol. The molecule has 190 valence electrons. The van der Waals surface area contributed by atoms with E-state index in [1.165, 1.54) is 11.8 Å². The summed E-state index contributed by atoms with van der Waals surface area (Å²) in [4.78, 5) is 26.4. The highest BCUT2D eigenvalue weighted by atomic mass is 35.5. The standard InChI is InChI=1S/C32H23ClN4OS/c33-24-15-17-25(18-16-24)34-28(38)20-39-32-26(19-23-13-7-8-14-27(23)35-32)31-36-29(21-9-3-1-4-10-21)30(37-31)22-11-5-2-6-12-22/h1-19H,20H2,(H,34,38)(H,36,37). The van der Waals surface area contributed by atoms with Crippen LogP contribution in [0.1, 0.15) is 0 Å². The van der Waals surface area contributed by atoms with Crippen molar-refractivity contribution in [3.8, 4) is 33.9 Å². The molecule has 7 heteroatoms. The summed E-state index contributed by atoms with van der Waals surface area (Å²) in [6, 6.07) is 37.4. The second kappa shape index (κ2) is 11.2. The number of hydrogen-bond donors (Lipinski definition) is 2. The molecule has 39 heavy (non-hydrogen) atoms. The third-order valence-corrected chi connectivity index (χ3v) is 7.47. The van der Waals surface area contributed by atoms with Gasteiger partial charge < -0.3 is 10.3 Å². The first-order valence-corrected chi connectivity index (χ1v) is 13.8. The molecule has 6 aromatic rings. The van der Waals surface area contributed by atoms with E-state index in [-0.39, 0.29) is 11.7 Å². The summed E-state index contributed by atoms with van der Waals surface area (Å²) >= 11 is 7.35. The number of carbonyl (C=O) groups is 1. The van der Waals surface area contributed by atoms with E-state index in [1.54, 1.807) is 24.3 Å². The Morgan fingerprint density at radius 3 is 2.21 bits per heavy atom. The molecule has 0 saturated carbocycles. The molecule has 0 radical (unpaired) electrons. The monoisotopic (exact) mass is 546 g/mol. The Kier molecular flexibility index (Phi) is 7.13. The van der Waals surface area contributed by atoms with E-state index in [0.717, 1.165) is 44.0 Å². The molecule has 0 fully saturated rings. The molecular weight excluding hydrogens is 524 g/mol. The topological polar surface area (TPSA) is 70.7 Å². The van der Waals surface area contributed by atoms with Crippen molar-refractivity contribution in [2.45, 2.75) is 5.03 Å². The minimum absolute atomic E-state index is 0.127. The Morgan fingerprint density at radius 1 is 0.795 bits per heavy atom. The highest BCUT2D eigenvalue weighted by molar-refractivity contribution is 8.00. The number of pyridine rings is 1. The molecule has 2 N–H and O–H groups in total. The van der Waals surface area contributed by atoms with Gasteiger partial charge in [-0.1, -0.05) is 102 Å². The van der Waals surface area contributed by atoms with Crippen LogP contribution in [-0.2, 0) is 4.79 Å². The van der Waals surface area contributed by atoms with Crippen LogP contribution >= 0.6 is 23.4 Å². The summed E-state index contributed by atoms with van der Waals surface area (Å²) in [5, 5.41) is 5.27. The maximum Gasteiger partial charge on any atom is 0.234 e. The summed E-state index contributed by atoms with van der Waals surface area (Å²) in [5.41, 5.74) is 6.26. The number of fused-ring (bicyclic) bond motifs is 1. The van der Waals surface area contributed by atoms with Crippen LogP contribution in [0.2, 0.25) is 5.02 Å². The first-order valence-electron chi connectivity index (χ1n) is 12.4. The van der Waals surface area contributed by atoms with Gasteiger partial charge in [-0.15, -0.1) is 0 Å². The van der Waals surface area contributed by atoms with E-state index in [9.17, 15) is 4.79 Å². The number of para-hydroxylation sites is 1. The van der Waals surface area contributed by atoms with Gasteiger partial charge in [0, 0.05) is 27.2 Å². The van der Waals surface area contributed by atoms with Crippen LogP contribution in [0.5, 0.6) is 0 Å². The quantitative estimate of drug-likeness (QED) is 0.197. The molecular formula is C32H23ClN4OS. The van der Waals surface area contributed by atoms with E-state index < -0.39 is 0 Å². The number of carbonyl (C=O) groups excluding carboxylic acids is 1. The molecule has 0 aliphatic rings. The number of nitrogens with one attached hydrogen (secondary N) is 2. The van der Waals surface area contributed by atoms with E-state index in [2.05, 4.69) is 40.6 Å². The molecule has 0 bridgehead atoms. The third-order valence-electron chi connectivity index (χ3n) is 6.23. The summed E-state index contributed by atoms with van der Waals surface area (Å²) < 4.78 is 0. The van der Waals surface area contributed by atoms with Gasteiger partial charge in [-0.25, -0.2) is 9.97 Å². The molecule has 5 nitrogen and oxygen atoms in total. The van der Waals surface area contributed by atoms with Crippen molar-refractivity contribution in [3.63, 3.8) is 0 Å². The van der Waals surface area contributed by atoms with Crippen molar-refractivity contribution < 1.29 is 4.79 Å². The van der Waals surface area contributed by atoms with Crippen molar-refractivity contribution in [2.24, 2.45) is 0 Å². The van der Waals surface area contributed by atoms with Crippen LogP contribution in [-0.4, -0.2) is 26.6 Å². The van der Waals surface area contributed by atoms with Gasteiger partial charge in [0.05, 0.1) is 28.2 Å². The zero-order valence-electron chi connectivity index (χ0n) is 20.8. The molecule has 0 unspecified atom stereocenters. The van der Waals surface area contributed by atoms with Crippen LogP contribution in [0.25, 0.3) is 44.8 Å². The number of H-pyrrole nitrogens is 1. The van der Waals surface area contributed by atoms with Gasteiger partial charge in [0.1, 0.15) is 10.9 Å². The smallest absolute Gasteiger partial charge is 0.234 e. The molecule has 0 aliphatic carbocycles. The molecule has 0 atom stereocenters. The molecule has 2 heterocycles. The lowest BCUT2D eigenvalue weighted by atomic mass is 10.1. The number of nitrogens with zero attached hydrogens (tertiary/aromatic N) is 2. The molecule has 6 rings (SSSR count). The molecule has 4 aromatic carbocycles. The second-order valence-electron chi connectivity index (χ2n) is 8.92. The average molecular weight is 547 g/mol. The van der Waals surface area contributed by atoms with E-state index >= 15 is 0 Å². The molecule has 0 saturated heterocycles. The number of halogens is 1. The lowest BCUT2D eigenvalue weighted by molar-refractivity contribution is -0.113. The number of amides is 1. The van der Waals surface area contributed by atoms with Crippen LogP contribution in [0.3, 0.4) is 0 Å². The number of imidazole rings is 1. The Bertz CT molecular complexity index is 1700. The predicted octanol–water partition coefficient (Wildman–Crippen LogP) is 8.34. The number of aromatic amines is 1. The average Bonchev–Trinajstić information content (AvgIpc) is 3.43. The van der Waals surface area contributed by atoms with Crippen molar-refractivity contribution >= 4 is 45.9 Å². The highest BCUT2D eigenvalue weighted by Gasteiger charge is 2.19. The number of rotatable bonds is 7. The Balaban J connectivity index is 1.39. The lowest BCUT2D eigenvalue weighted by Gasteiger charge is -2.10. The minimum atomic E-state index is -0.127. The van der Waals surface area contributed by atoms with E-state index in [0.29, 0.717) is 16.5 Å². The number of benzene rings is 4. The van der Waals surface area contributed by atoms with Gasteiger partial charge in [0.15, 0.2) is 0 Å². The van der Waals surface area contributed by atoms with Crippen LogP contribution in [0.15, 0.2) is 120 Å². The van der Waals surface area contributed by atoms with Crippen molar-refractivity contribution in [2.75, 3.05) is 11.1 Å². The molecule has 0 spiro atoms. The summed E-state index contributed by atoms with van der Waals surface area (Å²) in [5.74, 6) is 0.767. The second-order valence-corrected chi connectivity index (χ2v) is 10.3. The lowest BCUT2D eigenvalue weighted by Crippen LogP contribution is -2.14. The largest absolute Gasteiger partial charge is 0.337 e. The zero-order valence-corrected chi connectivity index (χ0v) is 22.3. The summed E-state index contributed by atoms with van der Waals surface area (Å²) in [6.45, 7) is 0. The molecule has 0 aliphatic heterocycles. The Morgan fingerprint density at radius 2 is 1.46 bits per heavy atom. The van der Waals surface area contributed by atoms with Crippen LogP contribution in [0.4, 0.5) is 5.69 Å². The SMILES string of the molecule is O=C(CSc1nc2ccccc2cc1-c1nc(-c2ccccc2)c(-c2ccccc2)[nH]1)Nc1ccc(Cl)cc1. The van der Waals surface area contributed by atoms with E-state index in [1.807, 2.05) is 60.7 Å². The fourth-order valence-corrected chi connectivity index (χ4v) is 5.30. The number of thioether (sulfide) groups is 1. The van der Waals surface area contributed by atoms with Gasteiger partial charge in [-0.05, 0) is 36.4 Å². The number of hydrogen-bond acceptors (Lipinski definition) is 4. The first-order chi connectivity index (χ1) is 19.1. The fourth-order valence-electron chi connectivity index (χ4n) is 4.36. The van der Waals surface area contributed by atoms with E-state index in [4.69, 9.17) is 21.6 Å². The Labute approximate surface area is 235 Å². The van der Waals surface area contributed by atoms with Gasteiger partial charge in [-0.3, -0.25) is 4.79 Å². The summed E-state index contributed by atoms with van der Waals surface area (Å²) in [6.07, 6.45) is 0. The molecule has 2 aromatic heterocycles. The first kappa shape index (κ1) is 24.9. The van der Waals surface area contributed by atoms with Gasteiger partial charge in [-0.2, -0.15) is 0 Å².